The van der Waals surface area contributed by atoms with Crippen molar-refractivity contribution in [1.29, 1.82) is 0 Å². The molecule has 3 amide bonds. The first-order chi connectivity index (χ1) is 12.5. The number of nitrogens with zero attached hydrogens (tertiary/aromatic N) is 1. The van der Waals surface area contributed by atoms with Gasteiger partial charge in [0.15, 0.2) is 0 Å². The van der Waals surface area contributed by atoms with Crippen LogP contribution in [0.2, 0.25) is 0 Å². The lowest BCUT2D eigenvalue weighted by Crippen LogP contribution is -2.46. The van der Waals surface area contributed by atoms with Gasteiger partial charge in [-0.1, -0.05) is 18.2 Å². The minimum absolute atomic E-state index is 0.180. The number of carbonyl (C=O) groups is 2. The Morgan fingerprint density at radius 1 is 1.15 bits per heavy atom. The Labute approximate surface area is 150 Å². The molecule has 1 heterocycles. The zero-order valence-electron chi connectivity index (χ0n) is 14.0. The van der Waals surface area contributed by atoms with Crippen LogP contribution in [-0.4, -0.2) is 42.5 Å². The van der Waals surface area contributed by atoms with Crippen LogP contribution in [0, 0.1) is 11.6 Å². The molecular weight excluding hydrogens is 340 g/mol. The van der Waals surface area contributed by atoms with E-state index in [0.29, 0.717) is 19.5 Å². The van der Waals surface area contributed by atoms with Crippen molar-refractivity contribution in [3.05, 3.63) is 71.3 Å². The fraction of sp³-hybridized carbons (Fsp3) is 0.263. The van der Waals surface area contributed by atoms with E-state index < -0.39 is 11.7 Å². The molecule has 1 aliphatic rings. The molecule has 0 aromatic heterocycles. The number of benzene rings is 2. The minimum atomic E-state index is -0.493. The number of hydrogen-bond acceptors (Lipinski definition) is 2. The predicted molar refractivity (Wildman–Crippen MR) is 92.7 cm³/mol. The van der Waals surface area contributed by atoms with E-state index in [0.717, 1.165) is 11.6 Å². The standard InChI is InChI=1S/C19H19F2N3O2/c20-15-5-1-3-13(9-15)10-17(24-8-7-22-19(24)26)12-23-18(25)14-4-2-6-16(21)11-14/h1-6,9,11,17H,7-8,10,12H2,(H,22,26)(H,23,25)/t17-/m0/s1. The number of halogens is 2. The number of amides is 3. The fourth-order valence-corrected chi connectivity index (χ4v) is 3.01. The molecule has 1 saturated heterocycles. The van der Waals surface area contributed by atoms with E-state index in [9.17, 15) is 18.4 Å². The van der Waals surface area contributed by atoms with Crippen LogP contribution in [0.25, 0.3) is 0 Å². The summed E-state index contributed by atoms with van der Waals surface area (Å²) >= 11 is 0. The Kier molecular flexibility index (Phi) is 5.46. The van der Waals surface area contributed by atoms with Crippen molar-refractivity contribution < 1.29 is 18.4 Å². The van der Waals surface area contributed by atoms with E-state index in [4.69, 9.17) is 0 Å². The van der Waals surface area contributed by atoms with Gasteiger partial charge in [0.1, 0.15) is 11.6 Å². The SMILES string of the molecule is O=C(NC[C@H](Cc1cccc(F)c1)N1CCNC1=O)c1cccc(F)c1. The number of carbonyl (C=O) groups excluding carboxylic acids is 2. The summed E-state index contributed by atoms with van der Waals surface area (Å²) in [6.07, 6.45) is 0.397. The third kappa shape index (κ3) is 4.36. The van der Waals surface area contributed by atoms with Crippen LogP contribution in [0.4, 0.5) is 13.6 Å². The normalized spacial score (nSPS) is 14.8. The molecule has 0 spiro atoms. The van der Waals surface area contributed by atoms with Crippen LogP contribution in [0.15, 0.2) is 48.5 Å². The molecule has 1 atom stereocenters. The van der Waals surface area contributed by atoms with E-state index in [1.54, 1.807) is 17.0 Å². The van der Waals surface area contributed by atoms with Gasteiger partial charge in [0.2, 0.25) is 0 Å². The Morgan fingerprint density at radius 3 is 2.54 bits per heavy atom. The van der Waals surface area contributed by atoms with E-state index in [-0.39, 0.29) is 30.0 Å². The average molecular weight is 359 g/mol. The fourth-order valence-electron chi connectivity index (χ4n) is 3.01. The molecule has 0 bridgehead atoms. The first-order valence-electron chi connectivity index (χ1n) is 8.35. The highest BCUT2D eigenvalue weighted by Gasteiger charge is 2.28. The smallest absolute Gasteiger partial charge is 0.317 e. The van der Waals surface area contributed by atoms with Crippen molar-refractivity contribution in [1.82, 2.24) is 15.5 Å². The summed E-state index contributed by atoms with van der Waals surface area (Å²) in [5.41, 5.74) is 0.940. The summed E-state index contributed by atoms with van der Waals surface area (Å²) in [6, 6.07) is 11.0. The topological polar surface area (TPSA) is 61.4 Å². The van der Waals surface area contributed by atoms with E-state index in [1.165, 1.54) is 30.3 Å². The van der Waals surface area contributed by atoms with Crippen molar-refractivity contribution in [2.75, 3.05) is 19.6 Å². The summed E-state index contributed by atoms with van der Waals surface area (Å²) in [6.45, 7) is 1.21. The average Bonchev–Trinajstić information content (AvgIpc) is 3.04. The molecule has 2 aromatic rings. The van der Waals surface area contributed by atoms with Crippen LogP contribution < -0.4 is 10.6 Å². The maximum Gasteiger partial charge on any atom is 0.317 e. The zero-order chi connectivity index (χ0) is 18.5. The molecule has 0 radical (unpaired) electrons. The van der Waals surface area contributed by atoms with Crippen LogP contribution in [0.1, 0.15) is 15.9 Å². The molecule has 1 fully saturated rings. The van der Waals surface area contributed by atoms with Gasteiger partial charge in [-0.2, -0.15) is 0 Å². The maximum absolute atomic E-state index is 13.4. The Bertz CT molecular complexity index is 813. The minimum Gasteiger partial charge on any atom is -0.350 e. The lowest BCUT2D eigenvalue weighted by atomic mass is 10.0. The summed E-state index contributed by atoms with van der Waals surface area (Å²) < 4.78 is 26.7. The Balaban J connectivity index is 1.71. The second kappa shape index (κ2) is 7.95. The highest BCUT2D eigenvalue weighted by Crippen LogP contribution is 2.13. The summed E-state index contributed by atoms with van der Waals surface area (Å²) in [7, 11) is 0. The third-order valence-electron chi connectivity index (χ3n) is 4.28. The van der Waals surface area contributed by atoms with Crippen LogP contribution in [-0.2, 0) is 6.42 Å². The number of urea groups is 1. The number of nitrogens with one attached hydrogen (secondary N) is 2. The summed E-state index contributed by atoms with van der Waals surface area (Å²) in [4.78, 5) is 25.9. The van der Waals surface area contributed by atoms with Gasteiger partial charge in [-0.25, -0.2) is 13.6 Å². The first-order valence-corrected chi connectivity index (χ1v) is 8.35. The van der Waals surface area contributed by atoms with Crippen molar-refractivity contribution in [3.8, 4) is 0 Å². The quantitative estimate of drug-likeness (QED) is 0.832. The van der Waals surface area contributed by atoms with Gasteiger partial charge < -0.3 is 15.5 Å². The lowest BCUT2D eigenvalue weighted by Gasteiger charge is -2.27. The third-order valence-corrected chi connectivity index (χ3v) is 4.28. The van der Waals surface area contributed by atoms with E-state index in [2.05, 4.69) is 10.6 Å². The number of rotatable bonds is 6. The van der Waals surface area contributed by atoms with Gasteiger partial charge in [0.25, 0.3) is 5.91 Å². The van der Waals surface area contributed by atoms with Crippen LogP contribution in [0.3, 0.4) is 0 Å². The summed E-state index contributed by atoms with van der Waals surface area (Å²) in [5.74, 6) is -1.27. The second-order valence-corrected chi connectivity index (χ2v) is 6.13. The van der Waals surface area contributed by atoms with Gasteiger partial charge >= 0.3 is 6.03 Å². The van der Waals surface area contributed by atoms with Gasteiger partial charge in [-0.05, 0) is 42.3 Å². The van der Waals surface area contributed by atoms with Crippen LogP contribution >= 0.6 is 0 Å². The molecule has 0 saturated carbocycles. The second-order valence-electron chi connectivity index (χ2n) is 6.13. The molecule has 0 aliphatic carbocycles. The highest BCUT2D eigenvalue weighted by molar-refractivity contribution is 5.94. The van der Waals surface area contributed by atoms with Gasteiger partial charge in [0.05, 0.1) is 6.04 Å². The predicted octanol–water partition coefficient (Wildman–Crippen LogP) is 2.33. The van der Waals surface area contributed by atoms with Crippen molar-refractivity contribution in [3.63, 3.8) is 0 Å². The van der Waals surface area contributed by atoms with Crippen molar-refractivity contribution >= 4 is 11.9 Å². The van der Waals surface area contributed by atoms with Crippen LogP contribution in [0.5, 0.6) is 0 Å². The monoisotopic (exact) mass is 359 g/mol. The molecule has 26 heavy (non-hydrogen) atoms. The van der Waals surface area contributed by atoms with E-state index >= 15 is 0 Å². The first kappa shape index (κ1) is 17.8. The van der Waals surface area contributed by atoms with Gasteiger partial charge in [0, 0.05) is 25.2 Å². The Morgan fingerprint density at radius 2 is 1.88 bits per heavy atom. The molecule has 7 heteroatoms. The molecule has 2 N–H and O–H groups in total. The van der Waals surface area contributed by atoms with Gasteiger partial charge in [-0.3, -0.25) is 4.79 Å². The molecule has 136 valence electrons. The summed E-state index contributed by atoms with van der Waals surface area (Å²) in [5, 5.41) is 5.46. The van der Waals surface area contributed by atoms with Crippen molar-refractivity contribution in [2.24, 2.45) is 0 Å². The molecule has 5 nitrogen and oxygen atoms in total. The molecule has 3 rings (SSSR count). The molecule has 2 aromatic carbocycles. The van der Waals surface area contributed by atoms with E-state index in [1.807, 2.05) is 0 Å². The maximum atomic E-state index is 13.4. The molecule has 0 unspecified atom stereocenters. The lowest BCUT2D eigenvalue weighted by molar-refractivity contribution is 0.0939. The highest BCUT2D eigenvalue weighted by atomic mass is 19.1. The number of hydrogen-bond donors (Lipinski definition) is 2. The Hall–Kier alpha value is -2.96. The largest absolute Gasteiger partial charge is 0.350 e. The zero-order valence-corrected chi connectivity index (χ0v) is 14.0. The molecular formula is C19H19F2N3O2. The van der Waals surface area contributed by atoms with Crippen molar-refractivity contribution in [2.45, 2.75) is 12.5 Å². The van der Waals surface area contributed by atoms with Gasteiger partial charge in [-0.15, -0.1) is 0 Å². The molecule has 1 aliphatic heterocycles.